The Morgan fingerprint density at radius 2 is 1.91 bits per heavy atom. The summed E-state index contributed by atoms with van der Waals surface area (Å²) >= 11 is 2.93. The second-order valence-corrected chi connectivity index (χ2v) is 12.4. The van der Waals surface area contributed by atoms with Crippen molar-refractivity contribution in [2.45, 2.75) is 67.1 Å². The SMILES string of the molecule is CC1(C(=O)N2C[C@H](S(=O)(=O)c3ccc(Br)cc3C(F)(F)F)C[C@@H]2OC(=O)NC2(C#N)CC2)CC1. The monoisotopic (exact) mass is 563 g/mol. The maximum absolute atomic E-state index is 13.6. The first-order valence-corrected chi connectivity index (χ1v) is 12.9. The molecule has 2 aliphatic carbocycles. The van der Waals surface area contributed by atoms with Crippen LogP contribution < -0.4 is 5.32 Å². The number of amides is 2. The first-order valence-electron chi connectivity index (χ1n) is 10.5. The van der Waals surface area contributed by atoms with Crippen LogP contribution >= 0.6 is 15.9 Å². The van der Waals surface area contributed by atoms with E-state index in [-0.39, 0.29) is 10.9 Å². The van der Waals surface area contributed by atoms with Gasteiger partial charge in [-0.25, -0.2) is 13.2 Å². The Kier molecular flexibility index (Phi) is 5.92. The van der Waals surface area contributed by atoms with E-state index in [0.29, 0.717) is 31.7 Å². The summed E-state index contributed by atoms with van der Waals surface area (Å²) in [6.07, 6.45) is -5.57. The third-order valence-corrected chi connectivity index (χ3v) is 9.21. The number of hydrogen-bond acceptors (Lipinski definition) is 6. The van der Waals surface area contributed by atoms with E-state index >= 15 is 0 Å². The highest BCUT2D eigenvalue weighted by atomic mass is 79.9. The zero-order valence-electron chi connectivity index (χ0n) is 18.0. The van der Waals surface area contributed by atoms with Crippen molar-refractivity contribution >= 4 is 37.8 Å². The molecule has 34 heavy (non-hydrogen) atoms. The molecule has 2 saturated carbocycles. The molecule has 1 aromatic rings. The average molecular weight is 564 g/mol. The Hall–Kier alpha value is -2.33. The summed E-state index contributed by atoms with van der Waals surface area (Å²) < 4.78 is 72.8. The van der Waals surface area contributed by atoms with Crippen LogP contribution in [0.5, 0.6) is 0 Å². The Morgan fingerprint density at radius 1 is 1.26 bits per heavy atom. The van der Waals surface area contributed by atoms with Crippen LogP contribution in [0.4, 0.5) is 18.0 Å². The van der Waals surface area contributed by atoms with Gasteiger partial charge in [-0.15, -0.1) is 0 Å². The van der Waals surface area contributed by atoms with Gasteiger partial charge in [-0.05, 0) is 43.9 Å². The first-order chi connectivity index (χ1) is 15.7. The van der Waals surface area contributed by atoms with Crippen LogP contribution in [-0.2, 0) is 25.5 Å². The fraction of sp³-hybridized carbons (Fsp3) is 0.571. The molecule has 2 amide bonds. The van der Waals surface area contributed by atoms with Crippen molar-refractivity contribution in [2.24, 2.45) is 5.41 Å². The number of nitriles is 1. The number of likely N-dealkylation sites (tertiary alicyclic amines) is 1. The van der Waals surface area contributed by atoms with Gasteiger partial charge in [0.1, 0.15) is 5.54 Å². The predicted octanol–water partition coefficient (Wildman–Crippen LogP) is 3.75. The van der Waals surface area contributed by atoms with Crippen LogP contribution in [0.15, 0.2) is 27.6 Å². The van der Waals surface area contributed by atoms with Gasteiger partial charge in [0.25, 0.3) is 0 Å². The quantitative estimate of drug-likeness (QED) is 0.583. The molecule has 1 saturated heterocycles. The number of carbonyl (C=O) groups excluding carboxylic acids is 2. The smallest absolute Gasteiger partial charge is 0.417 e. The summed E-state index contributed by atoms with van der Waals surface area (Å²) in [7, 11) is -4.56. The fourth-order valence-electron chi connectivity index (χ4n) is 3.95. The number of benzene rings is 1. The maximum Gasteiger partial charge on any atom is 0.417 e. The fourth-order valence-corrected chi connectivity index (χ4v) is 6.19. The molecule has 0 aromatic heterocycles. The summed E-state index contributed by atoms with van der Waals surface area (Å²) in [5, 5.41) is 10.2. The zero-order valence-corrected chi connectivity index (χ0v) is 20.4. The van der Waals surface area contributed by atoms with Crippen LogP contribution in [0.25, 0.3) is 0 Å². The largest absolute Gasteiger partial charge is 0.425 e. The minimum Gasteiger partial charge on any atom is -0.425 e. The Morgan fingerprint density at radius 3 is 2.44 bits per heavy atom. The minimum atomic E-state index is -4.92. The van der Waals surface area contributed by atoms with E-state index in [1.54, 1.807) is 6.92 Å². The second-order valence-electron chi connectivity index (χ2n) is 9.24. The molecule has 1 aliphatic heterocycles. The van der Waals surface area contributed by atoms with E-state index in [2.05, 4.69) is 21.2 Å². The molecule has 0 bridgehead atoms. The molecular formula is C21H21BrF3N3O5S. The van der Waals surface area contributed by atoms with Crippen LogP contribution in [0.2, 0.25) is 0 Å². The second kappa shape index (κ2) is 8.12. The highest BCUT2D eigenvalue weighted by Gasteiger charge is 2.54. The van der Waals surface area contributed by atoms with Gasteiger partial charge in [0.05, 0.1) is 21.8 Å². The molecule has 1 heterocycles. The van der Waals surface area contributed by atoms with E-state index in [1.807, 2.05) is 6.07 Å². The van der Waals surface area contributed by atoms with E-state index in [9.17, 15) is 31.2 Å². The molecular weight excluding hydrogens is 543 g/mol. The number of nitrogens with zero attached hydrogens (tertiary/aromatic N) is 2. The summed E-state index contributed by atoms with van der Waals surface area (Å²) in [6, 6.07) is 4.72. The molecule has 1 aromatic carbocycles. The van der Waals surface area contributed by atoms with Crippen LogP contribution in [0, 0.1) is 16.7 Å². The van der Waals surface area contributed by atoms with Gasteiger partial charge in [-0.3, -0.25) is 4.79 Å². The van der Waals surface area contributed by atoms with Gasteiger partial charge in [-0.1, -0.05) is 22.9 Å². The van der Waals surface area contributed by atoms with Gasteiger partial charge in [-0.2, -0.15) is 18.4 Å². The summed E-state index contributed by atoms with van der Waals surface area (Å²) in [5.41, 5.74) is -3.09. The van der Waals surface area contributed by atoms with Crippen molar-refractivity contribution in [1.82, 2.24) is 10.2 Å². The number of rotatable bonds is 5. The Labute approximate surface area is 202 Å². The van der Waals surface area contributed by atoms with E-state index in [4.69, 9.17) is 10.00 Å². The van der Waals surface area contributed by atoms with Crippen molar-refractivity contribution < 1.29 is 35.9 Å². The third kappa shape index (κ3) is 4.62. The van der Waals surface area contributed by atoms with Gasteiger partial charge in [0, 0.05) is 22.9 Å². The van der Waals surface area contributed by atoms with Gasteiger partial charge in [0.15, 0.2) is 16.1 Å². The zero-order chi connectivity index (χ0) is 25.1. The lowest BCUT2D eigenvalue weighted by molar-refractivity contribution is -0.143. The molecule has 184 valence electrons. The number of hydrogen-bond donors (Lipinski definition) is 1. The number of alkyl carbamates (subject to hydrolysis) is 1. The lowest BCUT2D eigenvalue weighted by Crippen LogP contribution is -2.45. The number of halogens is 4. The van der Waals surface area contributed by atoms with Gasteiger partial charge in [0.2, 0.25) is 5.91 Å². The van der Waals surface area contributed by atoms with Crippen LogP contribution in [0.3, 0.4) is 0 Å². The number of carbonyl (C=O) groups is 2. The molecule has 4 rings (SSSR count). The molecule has 0 unspecified atom stereocenters. The van der Waals surface area contributed by atoms with E-state index in [1.165, 1.54) is 6.07 Å². The van der Waals surface area contributed by atoms with E-state index < -0.39 is 67.4 Å². The number of sulfone groups is 1. The topological polar surface area (TPSA) is 117 Å². The lowest BCUT2D eigenvalue weighted by Gasteiger charge is -2.27. The third-order valence-electron chi connectivity index (χ3n) is 6.53. The number of nitrogens with one attached hydrogen (secondary N) is 1. The summed E-state index contributed by atoms with van der Waals surface area (Å²) in [6.45, 7) is 1.28. The molecule has 0 spiro atoms. The van der Waals surface area contributed by atoms with Crippen molar-refractivity contribution in [1.29, 1.82) is 5.26 Å². The van der Waals surface area contributed by atoms with Crippen molar-refractivity contribution in [2.75, 3.05) is 6.54 Å². The molecule has 8 nitrogen and oxygen atoms in total. The predicted molar refractivity (Wildman–Crippen MR) is 115 cm³/mol. The molecule has 2 atom stereocenters. The standard InChI is InChI=1S/C21H21BrF3N3O5S/c1-19(4-5-19)17(29)28-10-13(9-16(28)33-18(30)27-20(11-26)6-7-20)34(31,32)15-3-2-12(22)8-14(15)21(23,24)25/h2-3,8,13,16H,4-7,9-10H2,1H3,(H,27,30)/t13-,16+/m1/s1. The van der Waals surface area contributed by atoms with Gasteiger partial charge < -0.3 is 15.0 Å². The number of ether oxygens (including phenoxy) is 1. The molecule has 0 radical (unpaired) electrons. The highest BCUT2D eigenvalue weighted by Crippen LogP contribution is 2.48. The minimum absolute atomic E-state index is 0.0630. The van der Waals surface area contributed by atoms with Crippen LogP contribution in [-0.4, -0.2) is 48.9 Å². The van der Waals surface area contributed by atoms with Crippen LogP contribution in [0.1, 0.15) is 44.6 Å². The summed E-state index contributed by atoms with van der Waals surface area (Å²) in [4.78, 5) is 25.6. The number of alkyl halides is 3. The molecule has 13 heteroatoms. The molecule has 3 aliphatic rings. The Bertz CT molecular complexity index is 1190. The maximum atomic E-state index is 13.6. The summed E-state index contributed by atoms with van der Waals surface area (Å²) in [5.74, 6) is -0.420. The molecule has 3 fully saturated rings. The van der Waals surface area contributed by atoms with Crippen molar-refractivity contribution in [3.63, 3.8) is 0 Å². The molecule has 1 N–H and O–H groups in total. The first kappa shape index (κ1) is 24.8. The highest BCUT2D eigenvalue weighted by molar-refractivity contribution is 9.10. The Balaban J connectivity index is 1.62. The van der Waals surface area contributed by atoms with Gasteiger partial charge >= 0.3 is 12.3 Å². The average Bonchev–Trinajstić information content (AvgIpc) is 3.65. The lowest BCUT2D eigenvalue weighted by atomic mass is 10.1. The van der Waals surface area contributed by atoms with E-state index in [0.717, 1.165) is 11.0 Å². The normalized spacial score (nSPS) is 24.8. The van der Waals surface area contributed by atoms with Crippen molar-refractivity contribution in [3.8, 4) is 6.07 Å². The van der Waals surface area contributed by atoms with Crippen molar-refractivity contribution in [3.05, 3.63) is 28.2 Å².